The largest absolute Gasteiger partial charge is 0.454 e. The van der Waals surface area contributed by atoms with E-state index in [2.05, 4.69) is 207 Å². The lowest BCUT2D eigenvalue weighted by Crippen LogP contribution is -2.57. The standard InChI is InChI=1S/C56H44BN3OS/c1-33-16-6-10-23-43(33)58(44-24-11-7-17-34(44)2)36-28-29-41-46(32-36)59(45-25-15-20-38-37-18-8-12-26-49(37)61-54(38)45)47-30-35(56(3,4)5)31-48-52(47)57(41)42-22-14-21-40-51-39-19-9-13-27-50(39)62-55(51)60(48)53(40)42/h6-28,30-32,41H,29H2,1-5H3. The second-order valence-electron chi connectivity index (χ2n) is 18.5. The van der Waals surface area contributed by atoms with Gasteiger partial charge in [0.1, 0.15) is 10.4 Å². The van der Waals surface area contributed by atoms with E-state index in [1.54, 1.807) is 0 Å². The van der Waals surface area contributed by atoms with Gasteiger partial charge in [0.25, 0.3) is 0 Å². The lowest BCUT2D eigenvalue weighted by Gasteiger charge is -2.47. The van der Waals surface area contributed by atoms with Crippen molar-refractivity contribution in [3.63, 3.8) is 0 Å². The third kappa shape index (κ3) is 4.90. The van der Waals surface area contributed by atoms with Crippen molar-refractivity contribution >= 4 is 105 Å². The van der Waals surface area contributed by atoms with Gasteiger partial charge in [0.15, 0.2) is 5.58 Å². The van der Waals surface area contributed by atoms with E-state index in [1.165, 1.54) is 93.0 Å². The van der Waals surface area contributed by atoms with Crippen molar-refractivity contribution in [1.82, 2.24) is 4.57 Å². The average Bonchev–Trinajstić information content (AvgIpc) is 3.96. The Morgan fingerprint density at radius 1 is 0.677 bits per heavy atom. The van der Waals surface area contributed by atoms with Crippen LogP contribution in [0.4, 0.5) is 22.7 Å². The number of benzene rings is 7. The molecular weight excluding hydrogens is 774 g/mol. The molecule has 1 atom stereocenters. The van der Waals surface area contributed by atoms with Crippen molar-refractivity contribution in [3.05, 3.63) is 186 Å². The summed E-state index contributed by atoms with van der Waals surface area (Å²) in [5.74, 6) is 0.157. The number of furan rings is 1. The fourth-order valence-corrected chi connectivity index (χ4v) is 12.3. The molecule has 0 amide bonds. The smallest absolute Gasteiger partial charge is 0.226 e. The van der Waals surface area contributed by atoms with Crippen LogP contribution >= 0.6 is 11.3 Å². The number of hydrogen-bond acceptors (Lipinski definition) is 4. The summed E-state index contributed by atoms with van der Waals surface area (Å²) in [5, 5.41) is 6.33. The number of thiophene rings is 1. The zero-order valence-corrected chi connectivity index (χ0v) is 36.3. The number of aromatic nitrogens is 1. The molecule has 4 nitrogen and oxygen atoms in total. The van der Waals surface area contributed by atoms with Crippen LogP contribution < -0.4 is 20.7 Å². The highest BCUT2D eigenvalue weighted by atomic mass is 32.1. The van der Waals surface area contributed by atoms with Crippen LogP contribution in [0.15, 0.2) is 174 Å². The summed E-state index contributed by atoms with van der Waals surface area (Å²) >= 11 is 1.92. The predicted octanol–water partition coefficient (Wildman–Crippen LogP) is 14.3. The van der Waals surface area contributed by atoms with Gasteiger partial charge in [0.2, 0.25) is 6.71 Å². The van der Waals surface area contributed by atoms with Crippen LogP contribution in [0.25, 0.3) is 58.8 Å². The monoisotopic (exact) mass is 817 g/mol. The lowest BCUT2D eigenvalue weighted by atomic mass is 9.29. The third-order valence-electron chi connectivity index (χ3n) is 14.0. The summed E-state index contributed by atoms with van der Waals surface area (Å²) in [7, 11) is 0. The number of hydrogen-bond donors (Lipinski definition) is 0. The van der Waals surface area contributed by atoms with Crippen molar-refractivity contribution in [1.29, 1.82) is 0 Å². The molecule has 298 valence electrons. The van der Waals surface area contributed by atoms with Gasteiger partial charge in [0.05, 0.1) is 5.69 Å². The summed E-state index contributed by atoms with van der Waals surface area (Å²) in [6.07, 6.45) is 5.91. The molecule has 6 heteroatoms. The second-order valence-corrected chi connectivity index (χ2v) is 19.6. The molecule has 0 bridgehead atoms. The number of aryl methyl sites for hydroxylation is 2. The molecule has 3 aliphatic rings. The molecule has 0 saturated carbocycles. The molecule has 0 fully saturated rings. The van der Waals surface area contributed by atoms with E-state index in [9.17, 15) is 0 Å². The zero-order valence-electron chi connectivity index (χ0n) is 35.5. The number of fused-ring (bicyclic) bond motifs is 12. The van der Waals surface area contributed by atoms with Gasteiger partial charge in [-0.15, -0.1) is 11.3 Å². The number of rotatable bonds is 4. The fourth-order valence-electron chi connectivity index (χ4n) is 11.1. The molecular formula is C56H44BN3OS. The fraction of sp³-hybridized carbons (Fsp3) is 0.143. The number of allylic oxidation sites excluding steroid dienone is 3. The van der Waals surface area contributed by atoms with Gasteiger partial charge >= 0.3 is 0 Å². The summed E-state index contributed by atoms with van der Waals surface area (Å²) in [6, 6.07) is 53.9. The Balaban J connectivity index is 1.16. The van der Waals surface area contributed by atoms with Crippen LogP contribution in [-0.2, 0) is 5.41 Å². The lowest BCUT2D eigenvalue weighted by molar-refractivity contribution is 0.590. The minimum Gasteiger partial charge on any atom is -0.454 e. The van der Waals surface area contributed by atoms with Crippen molar-refractivity contribution in [3.8, 4) is 5.69 Å². The van der Waals surface area contributed by atoms with Gasteiger partial charge in [-0.25, -0.2) is 0 Å². The second kappa shape index (κ2) is 12.9. The maximum atomic E-state index is 6.96. The van der Waals surface area contributed by atoms with E-state index in [4.69, 9.17) is 4.42 Å². The highest BCUT2D eigenvalue weighted by molar-refractivity contribution is 7.25. The molecule has 0 spiro atoms. The maximum Gasteiger partial charge on any atom is 0.226 e. The van der Waals surface area contributed by atoms with Crippen molar-refractivity contribution in [2.24, 2.45) is 0 Å². The number of anilines is 4. The molecule has 1 unspecified atom stereocenters. The molecule has 5 heterocycles. The molecule has 0 radical (unpaired) electrons. The molecule has 62 heavy (non-hydrogen) atoms. The molecule has 7 aromatic carbocycles. The number of nitrogens with zero attached hydrogens (tertiary/aromatic N) is 3. The Hall–Kier alpha value is -6.76. The van der Waals surface area contributed by atoms with E-state index in [1.807, 2.05) is 11.3 Å². The van der Waals surface area contributed by atoms with Gasteiger partial charge in [0, 0.05) is 71.3 Å². The quantitative estimate of drug-likeness (QED) is 0.165. The van der Waals surface area contributed by atoms with Gasteiger partial charge < -0.3 is 18.8 Å². The van der Waals surface area contributed by atoms with Gasteiger partial charge in [-0.2, -0.15) is 0 Å². The SMILES string of the molecule is Cc1ccccc1N(C1=CCC2B3c4c(cc(C(C)(C)C)cc4-n4c5sc6ccccc6c5c5cccc3c54)N(c3cccc4c3oc3ccccc34)C2=C1)c1ccccc1C. The van der Waals surface area contributed by atoms with Gasteiger partial charge in [-0.1, -0.05) is 130 Å². The van der Waals surface area contributed by atoms with Crippen LogP contribution in [0, 0.1) is 13.8 Å². The summed E-state index contributed by atoms with van der Waals surface area (Å²) in [4.78, 5) is 6.43. The highest BCUT2D eigenvalue weighted by Crippen LogP contribution is 2.53. The molecule has 10 aromatic rings. The summed E-state index contributed by atoms with van der Waals surface area (Å²) < 4.78 is 10.9. The first kappa shape index (κ1) is 35.9. The molecule has 0 N–H and O–H groups in total. The first-order valence-corrected chi connectivity index (χ1v) is 22.7. The molecule has 3 aromatic heterocycles. The minimum atomic E-state index is -0.115. The Morgan fingerprint density at radius 3 is 2.11 bits per heavy atom. The molecule has 0 saturated heterocycles. The summed E-state index contributed by atoms with van der Waals surface area (Å²) in [5.41, 5.74) is 18.1. The Labute approximate surface area is 365 Å². The van der Waals surface area contributed by atoms with Crippen LogP contribution in [0.3, 0.4) is 0 Å². The van der Waals surface area contributed by atoms with E-state index in [0.29, 0.717) is 0 Å². The topological polar surface area (TPSA) is 24.6 Å². The third-order valence-corrected chi connectivity index (χ3v) is 15.1. The van der Waals surface area contributed by atoms with Crippen LogP contribution in [-0.4, -0.2) is 11.3 Å². The number of para-hydroxylation sites is 5. The van der Waals surface area contributed by atoms with Crippen molar-refractivity contribution < 1.29 is 4.42 Å². The zero-order chi connectivity index (χ0) is 41.6. The van der Waals surface area contributed by atoms with E-state index in [-0.39, 0.29) is 17.9 Å². The first-order chi connectivity index (χ1) is 30.2. The van der Waals surface area contributed by atoms with Crippen molar-refractivity contribution in [2.75, 3.05) is 9.80 Å². The molecule has 13 rings (SSSR count). The minimum absolute atomic E-state index is 0.115. The van der Waals surface area contributed by atoms with Crippen molar-refractivity contribution in [2.45, 2.75) is 52.3 Å². The van der Waals surface area contributed by atoms with Gasteiger partial charge in [-0.3, -0.25) is 0 Å². The summed E-state index contributed by atoms with van der Waals surface area (Å²) in [6.45, 7) is 11.7. The highest BCUT2D eigenvalue weighted by Gasteiger charge is 2.48. The maximum absolute atomic E-state index is 6.96. The average molecular weight is 818 g/mol. The van der Waals surface area contributed by atoms with E-state index < -0.39 is 0 Å². The normalized spacial score (nSPS) is 15.7. The van der Waals surface area contributed by atoms with Gasteiger partial charge in [-0.05, 0) is 108 Å². The Morgan fingerprint density at radius 2 is 1.34 bits per heavy atom. The van der Waals surface area contributed by atoms with E-state index in [0.717, 1.165) is 34.0 Å². The van der Waals surface area contributed by atoms with E-state index >= 15 is 0 Å². The van der Waals surface area contributed by atoms with Crippen LogP contribution in [0.2, 0.25) is 5.82 Å². The Kier molecular flexibility index (Phi) is 7.47. The molecule has 1 aliphatic carbocycles. The predicted molar refractivity (Wildman–Crippen MR) is 265 cm³/mol. The van der Waals surface area contributed by atoms with Crippen LogP contribution in [0.1, 0.15) is 43.9 Å². The molecule has 2 aliphatic heterocycles. The Bertz CT molecular complexity index is 3570. The first-order valence-electron chi connectivity index (χ1n) is 21.9. The van der Waals surface area contributed by atoms with Crippen LogP contribution in [0.5, 0.6) is 0 Å².